The molecule has 186 valence electrons. The number of pyridine rings is 1. The van der Waals surface area contributed by atoms with Crippen molar-refractivity contribution in [3.8, 4) is 0 Å². The molecule has 12 heteroatoms. The number of nitrogens with two attached hydrogens (primary N) is 2. The summed E-state index contributed by atoms with van der Waals surface area (Å²) in [5.41, 5.74) is 14.3. The number of rotatable bonds is 9. The minimum Gasteiger partial charge on any atom is -0.379 e. The van der Waals surface area contributed by atoms with Gasteiger partial charge in [-0.3, -0.25) is 14.9 Å². The molecule has 4 heterocycles. The summed E-state index contributed by atoms with van der Waals surface area (Å²) in [5, 5.41) is 6.63. The Morgan fingerprint density at radius 1 is 1.11 bits per heavy atom. The van der Waals surface area contributed by atoms with Gasteiger partial charge in [-0.25, -0.2) is 4.98 Å². The second-order valence-corrected chi connectivity index (χ2v) is 8.94. The number of hydrogen-bond donors (Lipinski definition) is 4. The van der Waals surface area contributed by atoms with E-state index in [2.05, 4.69) is 35.1 Å². The number of anilines is 3. The fourth-order valence-electron chi connectivity index (χ4n) is 4.60. The molecule has 1 saturated heterocycles. The molecule has 0 spiro atoms. The van der Waals surface area contributed by atoms with Gasteiger partial charge in [0.2, 0.25) is 5.95 Å². The Morgan fingerprint density at radius 2 is 1.94 bits per heavy atom. The first-order valence-electron chi connectivity index (χ1n) is 12.2. The van der Waals surface area contributed by atoms with Crippen LogP contribution in [0.5, 0.6) is 0 Å². The third-order valence-electron chi connectivity index (χ3n) is 6.41. The van der Waals surface area contributed by atoms with E-state index in [1.54, 1.807) is 0 Å². The molecule has 2 aliphatic rings. The Morgan fingerprint density at radius 3 is 2.69 bits per heavy atom. The van der Waals surface area contributed by atoms with E-state index in [-0.39, 0.29) is 5.96 Å². The predicted molar refractivity (Wildman–Crippen MR) is 136 cm³/mol. The van der Waals surface area contributed by atoms with Gasteiger partial charge in [0.1, 0.15) is 0 Å². The van der Waals surface area contributed by atoms with Crippen LogP contribution >= 0.6 is 0 Å². The van der Waals surface area contributed by atoms with Crippen molar-refractivity contribution in [2.45, 2.75) is 38.3 Å². The lowest BCUT2D eigenvalue weighted by Crippen LogP contribution is -2.35. The molecule has 0 aromatic carbocycles. The van der Waals surface area contributed by atoms with Gasteiger partial charge >= 0.3 is 0 Å². The SMILES string of the molecule is NC(N)=NCCNc1nc(Nc2ccc(CN3CCOCC3)nc2)c2ncn(C3CCCC3)c2n1. The van der Waals surface area contributed by atoms with Crippen LogP contribution in [0.15, 0.2) is 29.6 Å². The number of ether oxygens (including phenoxy) is 1. The van der Waals surface area contributed by atoms with Crippen molar-refractivity contribution in [2.75, 3.05) is 50.0 Å². The molecule has 0 radical (unpaired) electrons. The van der Waals surface area contributed by atoms with Crippen molar-refractivity contribution >= 4 is 34.6 Å². The van der Waals surface area contributed by atoms with Crippen LogP contribution in [-0.2, 0) is 11.3 Å². The number of morpholine rings is 1. The summed E-state index contributed by atoms with van der Waals surface area (Å²) in [6.45, 7) is 5.18. The third kappa shape index (κ3) is 5.77. The van der Waals surface area contributed by atoms with Crippen molar-refractivity contribution in [1.29, 1.82) is 0 Å². The summed E-state index contributed by atoms with van der Waals surface area (Å²) in [6.07, 6.45) is 8.45. The van der Waals surface area contributed by atoms with Crippen molar-refractivity contribution in [2.24, 2.45) is 16.5 Å². The van der Waals surface area contributed by atoms with Gasteiger partial charge in [-0.1, -0.05) is 12.8 Å². The predicted octanol–water partition coefficient (Wildman–Crippen LogP) is 1.60. The summed E-state index contributed by atoms with van der Waals surface area (Å²) in [6, 6.07) is 4.48. The fraction of sp³-hybridized carbons (Fsp3) is 0.522. The van der Waals surface area contributed by atoms with Gasteiger partial charge in [-0.2, -0.15) is 9.97 Å². The first-order chi connectivity index (χ1) is 17.2. The van der Waals surface area contributed by atoms with Crippen molar-refractivity contribution in [1.82, 2.24) is 29.4 Å². The van der Waals surface area contributed by atoms with Gasteiger partial charge in [0.15, 0.2) is 22.9 Å². The molecule has 3 aromatic rings. The van der Waals surface area contributed by atoms with E-state index < -0.39 is 0 Å². The minimum absolute atomic E-state index is 0.0643. The number of nitrogens with zero attached hydrogens (tertiary/aromatic N) is 7. The minimum atomic E-state index is 0.0643. The van der Waals surface area contributed by atoms with E-state index in [1.165, 1.54) is 12.8 Å². The van der Waals surface area contributed by atoms with Crippen molar-refractivity contribution in [3.05, 3.63) is 30.4 Å². The summed E-state index contributed by atoms with van der Waals surface area (Å²) >= 11 is 0. The molecular weight excluding hydrogens is 446 g/mol. The molecule has 5 rings (SSSR count). The van der Waals surface area contributed by atoms with E-state index in [0.717, 1.165) is 68.2 Å². The first kappa shape index (κ1) is 23.2. The summed E-state index contributed by atoms with van der Waals surface area (Å²) in [7, 11) is 0. The Labute approximate surface area is 204 Å². The number of hydrogen-bond acceptors (Lipinski definition) is 9. The van der Waals surface area contributed by atoms with E-state index in [9.17, 15) is 0 Å². The highest BCUT2D eigenvalue weighted by Gasteiger charge is 2.22. The lowest BCUT2D eigenvalue weighted by Gasteiger charge is -2.26. The summed E-state index contributed by atoms with van der Waals surface area (Å²) in [5.74, 6) is 1.20. The normalized spacial score (nSPS) is 17.0. The number of nitrogens with one attached hydrogen (secondary N) is 2. The summed E-state index contributed by atoms with van der Waals surface area (Å²) in [4.78, 5) is 25.2. The molecule has 0 unspecified atom stereocenters. The van der Waals surface area contributed by atoms with Crippen LogP contribution in [0.1, 0.15) is 37.4 Å². The molecule has 1 aliphatic heterocycles. The molecule has 6 N–H and O–H groups in total. The molecule has 2 fully saturated rings. The van der Waals surface area contributed by atoms with Crippen LogP contribution in [0.4, 0.5) is 17.5 Å². The Bertz CT molecular complexity index is 1140. The molecule has 0 atom stereocenters. The maximum absolute atomic E-state index is 5.43. The highest BCUT2D eigenvalue weighted by molar-refractivity contribution is 5.86. The van der Waals surface area contributed by atoms with Gasteiger partial charge in [0.25, 0.3) is 0 Å². The molecule has 1 saturated carbocycles. The van der Waals surface area contributed by atoms with Gasteiger partial charge < -0.3 is 31.4 Å². The molecular formula is C23H33N11O. The van der Waals surface area contributed by atoms with E-state index >= 15 is 0 Å². The number of guanidine groups is 1. The number of aromatic nitrogens is 5. The molecule has 3 aromatic heterocycles. The lowest BCUT2D eigenvalue weighted by molar-refractivity contribution is 0.0336. The average molecular weight is 480 g/mol. The van der Waals surface area contributed by atoms with Crippen LogP contribution in [0, 0.1) is 0 Å². The largest absolute Gasteiger partial charge is 0.379 e. The highest BCUT2D eigenvalue weighted by atomic mass is 16.5. The molecule has 1 aliphatic carbocycles. The quantitative estimate of drug-likeness (QED) is 0.202. The van der Waals surface area contributed by atoms with Crippen molar-refractivity contribution in [3.63, 3.8) is 0 Å². The first-order valence-corrected chi connectivity index (χ1v) is 12.2. The fourth-order valence-corrected chi connectivity index (χ4v) is 4.60. The van der Waals surface area contributed by atoms with Gasteiger partial charge in [-0.15, -0.1) is 0 Å². The maximum Gasteiger partial charge on any atom is 0.226 e. The van der Waals surface area contributed by atoms with Crippen LogP contribution in [0.2, 0.25) is 0 Å². The Hall–Kier alpha value is -3.51. The van der Waals surface area contributed by atoms with E-state index in [1.807, 2.05) is 24.7 Å². The second-order valence-electron chi connectivity index (χ2n) is 8.94. The maximum atomic E-state index is 5.43. The zero-order chi connectivity index (χ0) is 24.0. The number of imidazole rings is 1. The topological polar surface area (TPSA) is 157 Å². The van der Waals surface area contributed by atoms with Gasteiger partial charge in [0.05, 0.1) is 43.7 Å². The molecule has 35 heavy (non-hydrogen) atoms. The van der Waals surface area contributed by atoms with Crippen LogP contribution in [0.3, 0.4) is 0 Å². The molecule has 0 amide bonds. The molecule has 12 nitrogen and oxygen atoms in total. The number of aliphatic imine (C=N–C) groups is 1. The third-order valence-corrected chi connectivity index (χ3v) is 6.41. The van der Waals surface area contributed by atoms with Gasteiger partial charge in [0, 0.05) is 32.2 Å². The zero-order valence-electron chi connectivity index (χ0n) is 19.9. The number of fused-ring (bicyclic) bond motifs is 1. The second kappa shape index (κ2) is 10.8. The zero-order valence-corrected chi connectivity index (χ0v) is 19.9. The van der Waals surface area contributed by atoms with Gasteiger partial charge in [-0.05, 0) is 25.0 Å². The van der Waals surface area contributed by atoms with Crippen LogP contribution in [0.25, 0.3) is 11.2 Å². The van der Waals surface area contributed by atoms with Crippen LogP contribution in [-0.4, -0.2) is 74.8 Å². The molecule has 0 bridgehead atoms. The van der Waals surface area contributed by atoms with E-state index in [0.29, 0.717) is 30.9 Å². The lowest BCUT2D eigenvalue weighted by atomic mass is 10.2. The van der Waals surface area contributed by atoms with Crippen molar-refractivity contribution < 1.29 is 4.74 Å². The standard InChI is InChI=1S/C23H33N11O/c24-22(25)26-7-8-27-23-31-20(19-21(32-23)34(15-29-19)18-3-1-2-4-18)30-16-5-6-17(28-13-16)14-33-9-11-35-12-10-33/h5-6,13,15,18H,1-4,7-12,14H2,(H4,24,25,26)(H2,27,30,31,32). The van der Waals surface area contributed by atoms with E-state index in [4.69, 9.17) is 26.2 Å². The Balaban J connectivity index is 1.36. The average Bonchev–Trinajstić information content (AvgIpc) is 3.54. The van der Waals surface area contributed by atoms with Crippen LogP contribution < -0.4 is 22.1 Å². The smallest absolute Gasteiger partial charge is 0.226 e. The highest BCUT2D eigenvalue weighted by Crippen LogP contribution is 2.33. The Kier molecular flexibility index (Phi) is 7.19. The monoisotopic (exact) mass is 479 g/mol. The summed E-state index contributed by atoms with van der Waals surface area (Å²) < 4.78 is 7.61.